The van der Waals surface area contributed by atoms with Gasteiger partial charge >= 0.3 is 12.1 Å². The Bertz CT molecular complexity index is 712. The van der Waals surface area contributed by atoms with Crippen molar-refractivity contribution < 1.29 is 33.0 Å². The second kappa shape index (κ2) is 7.77. The highest BCUT2D eigenvalue weighted by Crippen LogP contribution is 2.37. The Balaban J connectivity index is 2.26. The minimum absolute atomic E-state index is 0.0843. The summed E-state index contributed by atoms with van der Waals surface area (Å²) in [5, 5.41) is 8.98. The second-order valence-corrected chi connectivity index (χ2v) is 6.00. The molecule has 1 unspecified atom stereocenters. The van der Waals surface area contributed by atoms with E-state index in [1.54, 1.807) is 6.92 Å². The van der Waals surface area contributed by atoms with Crippen LogP contribution in [0.3, 0.4) is 0 Å². The molecule has 1 amide bonds. The molecule has 0 spiro atoms. The monoisotopic (exact) mass is 375 g/mol. The van der Waals surface area contributed by atoms with Crippen molar-refractivity contribution >= 4 is 29.4 Å². The molecule has 1 aromatic rings. The van der Waals surface area contributed by atoms with Crippen LogP contribution in [0.2, 0.25) is 5.02 Å². The zero-order chi connectivity index (χ0) is 18.7. The molecule has 1 N–H and O–H groups in total. The number of ketones is 1. The Kier molecular flexibility index (Phi) is 5.94. The maximum Gasteiger partial charge on any atom is 0.407 e. The summed E-state index contributed by atoms with van der Waals surface area (Å²) in [6, 6.07) is 0.868. The number of ether oxygens (including phenoxy) is 1. The van der Waals surface area contributed by atoms with Crippen LogP contribution in [0, 0.1) is 11.6 Å². The molecule has 2 rings (SSSR count). The molecule has 0 aromatic heterocycles. The summed E-state index contributed by atoms with van der Waals surface area (Å²) in [7, 11) is 0. The summed E-state index contributed by atoms with van der Waals surface area (Å²) in [5.41, 5.74) is -0.356. The van der Waals surface area contributed by atoms with E-state index in [2.05, 4.69) is 4.74 Å². The smallest absolute Gasteiger partial charge is 0.407 e. The lowest BCUT2D eigenvalue weighted by molar-refractivity contribution is -0.146. The third-order valence-corrected chi connectivity index (χ3v) is 4.32. The van der Waals surface area contributed by atoms with Crippen molar-refractivity contribution in [1.82, 2.24) is 4.90 Å². The van der Waals surface area contributed by atoms with Gasteiger partial charge in [-0.3, -0.25) is 14.5 Å². The molecule has 25 heavy (non-hydrogen) atoms. The fourth-order valence-electron chi connectivity index (χ4n) is 2.95. The van der Waals surface area contributed by atoms with Crippen molar-refractivity contribution in [2.75, 3.05) is 13.2 Å². The Morgan fingerprint density at radius 1 is 1.36 bits per heavy atom. The number of hydrogen-bond acceptors (Lipinski definition) is 4. The first-order valence-electron chi connectivity index (χ1n) is 7.57. The topological polar surface area (TPSA) is 83.9 Å². The number of carbonyl (C=O) groups excluding carboxylic acids is 2. The minimum atomic E-state index is -1.41. The first-order valence-corrected chi connectivity index (χ1v) is 7.95. The second-order valence-electron chi connectivity index (χ2n) is 5.59. The number of likely N-dealkylation sites (tertiary alicyclic amines) is 1. The maximum atomic E-state index is 14.2. The predicted octanol–water partition coefficient (Wildman–Crippen LogP) is 2.98. The van der Waals surface area contributed by atoms with Crippen LogP contribution in [0.5, 0.6) is 0 Å². The fraction of sp³-hybridized carbons (Fsp3) is 0.438. The Hall–Kier alpha value is -2.22. The van der Waals surface area contributed by atoms with Crippen LogP contribution in [-0.4, -0.2) is 47.0 Å². The third kappa shape index (κ3) is 4.07. The summed E-state index contributed by atoms with van der Waals surface area (Å²) in [6.07, 6.45) is -2.15. The highest BCUT2D eigenvalue weighted by atomic mass is 35.5. The summed E-state index contributed by atoms with van der Waals surface area (Å²) in [6.45, 7) is 1.38. The number of halogens is 3. The SMILES string of the molecule is CCOC(=O)CC(=O)C1C[C@@H](c2c(F)ccc(Cl)c2F)CN1C(=O)O. The van der Waals surface area contributed by atoms with E-state index in [1.165, 1.54) is 0 Å². The molecule has 6 nitrogen and oxygen atoms in total. The average Bonchev–Trinajstić information content (AvgIpc) is 2.97. The molecule has 1 aliphatic rings. The van der Waals surface area contributed by atoms with Gasteiger partial charge in [-0.25, -0.2) is 13.6 Å². The van der Waals surface area contributed by atoms with E-state index >= 15 is 0 Å². The number of nitrogens with zero attached hydrogens (tertiary/aromatic N) is 1. The lowest BCUT2D eigenvalue weighted by Crippen LogP contribution is -2.40. The standard InChI is InChI=1S/C16H16ClF2NO5/c1-2-25-13(22)6-12(21)11-5-8(7-20(11)16(23)24)14-10(18)4-3-9(17)15(14)19/h3-4,8,11H,2,5-7H2,1H3,(H,23,24)/t8-,11?/m1/s1. The van der Waals surface area contributed by atoms with Crippen LogP contribution in [0.4, 0.5) is 13.6 Å². The van der Waals surface area contributed by atoms with E-state index in [-0.39, 0.29) is 30.2 Å². The quantitative estimate of drug-likeness (QED) is 0.486. The van der Waals surface area contributed by atoms with Gasteiger partial charge in [0.2, 0.25) is 0 Å². The van der Waals surface area contributed by atoms with E-state index in [1.807, 2.05) is 0 Å². The summed E-state index contributed by atoms with van der Waals surface area (Å²) in [4.78, 5) is 35.9. The van der Waals surface area contributed by atoms with Crippen LogP contribution in [0.25, 0.3) is 0 Å². The highest BCUT2D eigenvalue weighted by molar-refractivity contribution is 6.30. The van der Waals surface area contributed by atoms with Crippen LogP contribution in [-0.2, 0) is 14.3 Å². The van der Waals surface area contributed by atoms with E-state index < -0.39 is 47.9 Å². The number of rotatable bonds is 5. The minimum Gasteiger partial charge on any atom is -0.466 e. The zero-order valence-corrected chi connectivity index (χ0v) is 14.1. The number of Topliss-reactive ketones (excluding diaryl/α,β-unsaturated/α-hetero) is 1. The van der Waals surface area contributed by atoms with Crippen LogP contribution in [0.1, 0.15) is 31.2 Å². The van der Waals surface area contributed by atoms with Gasteiger partial charge in [-0.05, 0) is 25.5 Å². The Morgan fingerprint density at radius 3 is 2.64 bits per heavy atom. The van der Waals surface area contributed by atoms with Crippen LogP contribution >= 0.6 is 11.6 Å². The molecular weight excluding hydrogens is 360 g/mol. The van der Waals surface area contributed by atoms with Gasteiger partial charge in [0.05, 0.1) is 17.7 Å². The Morgan fingerprint density at radius 2 is 2.04 bits per heavy atom. The fourth-order valence-corrected chi connectivity index (χ4v) is 3.12. The van der Waals surface area contributed by atoms with Gasteiger partial charge in [0.25, 0.3) is 0 Å². The molecule has 2 atom stereocenters. The normalized spacial score (nSPS) is 19.8. The third-order valence-electron chi connectivity index (χ3n) is 4.03. The lowest BCUT2D eigenvalue weighted by atomic mass is 9.93. The van der Waals surface area contributed by atoms with Gasteiger partial charge in [-0.1, -0.05) is 11.6 Å². The molecule has 0 aliphatic carbocycles. The Labute approximate surface area is 147 Å². The zero-order valence-electron chi connectivity index (χ0n) is 13.3. The number of esters is 1. The van der Waals surface area contributed by atoms with Crippen molar-refractivity contribution in [3.63, 3.8) is 0 Å². The van der Waals surface area contributed by atoms with Crippen LogP contribution < -0.4 is 0 Å². The molecule has 1 saturated heterocycles. The van der Waals surface area contributed by atoms with Crippen molar-refractivity contribution in [3.05, 3.63) is 34.4 Å². The number of benzene rings is 1. The summed E-state index contributed by atoms with van der Waals surface area (Å²) >= 11 is 5.67. The molecule has 1 aromatic carbocycles. The van der Waals surface area contributed by atoms with Gasteiger partial charge < -0.3 is 9.84 Å². The molecule has 9 heteroatoms. The largest absolute Gasteiger partial charge is 0.466 e. The molecule has 1 heterocycles. The van der Waals surface area contributed by atoms with Crippen molar-refractivity contribution in [3.8, 4) is 0 Å². The van der Waals surface area contributed by atoms with E-state index in [9.17, 15) is 28.3 Å². The van der Waals surface area contributed by atoms with Gasteiger partial charge in [0, 0.05) is 18.0 Å². The summed E-state index contributed by atoms with van der Waals surface area (Å²) in [5.74, 6) is -4.18. The van der Waals surface area contributed by atoms with Gasteiger partial charge in [0.1, 0.15) is 18.1 Å². The molecule has 1 aliphatic heterocycles. The summed E-state index contributed by atoms with van der Waals surface area (Å²) < 4.78 is 32.9. The van der Waals surface area contributed by atoms with Gasteiger partial charge in [0.15, 0.2) is 5.78 Å². The molecule has 0 saturated carbocycles. The van der Waals surface area contributed by atoms with E-state index in [0.29, 0.717) is 0 Å². The maximum absolute atomic E-state index is 14.2. The molecule has 1 fully saturated rings. The van der Waals surface area contributed by atoms with E-state index in [4.69, 9.17) is 11.6 Å². The van der Waals surface area contributed by atoms with Crippen molar-refractivity contribution in [2.45, 2.75) is 31.7 Å². The first-order chi connectivity index (χ1) is 11.8. The van der Waals surface area contributed by atoms with E-state index in [0.717, 1.165) is 17.0 Å². The van der Waals surface area contributed by atoms with Crippen molar-refractivity contribution in [2.24, 2.45) is 0 Å². The molecule has 136 valence electrons. The molecule has 0 bridgehead atoms. The highest BCUT2D eigenvalue weighted by Gasteiger charge is 2.42. The number of amides is 1. The van der Waals surface area contributed by atoms with Gasteiger partial charge in [-0.2, -0.15) is 0 Å². The predicted molar refractivity (Wildman–Crippen MR) is 83.5 cm³/mol. The number of carboxylic acid groups (broad SMARTS) is 1. The average molecular weight is 376 g/mol. The number of carbonyl (C=O) groups is 3. The molecule has 0 radical (unpaired) electrons. The molecular formula is C16H16ClF2NO5. The number of hydrogen-bond donors (Lipinski definition) is 1. The van der Waals surface area contributed by atoms with Crippen molar-refractivity contribution in [1.29, 1.82) is 0 Å². The van der Waals surface area contributed by atoms with Gasteiger partial charge in [-0.15, -0.1) is 0 Å². The van der Waals surface area contributed by atoms with Crippen LogP contribution in [0.15, 0.2) is 12.1 Å². The first kappa shape index (κ1) is 19.1. The lowest BCUT2D eigenvalue weighted by Gasteiger charge is -2.19.